The van der Waals surface area contributed by atoms with Gasteiger partial charge < -0.3 is 10.6 Å². The van der Waals surface area contributed by atoms with Crippen molar-refractivity contribution in [2.75, 3.05) is 26.2 Å². The van der Waals surface area contributed by atoms with E-state index in [9.17, 15) is 4.79 Å². The first-order valence-corrected chi connectivity index (χ1v) is 9.00. The second-order valence-corrected chi connectivity index (χ2v) is 7.34. The normalized spacial score (nSPS) is 34.5. The summed E-state index contributed by atoms with van der Waals surface area (Å²) < 4.78 is 0. The molecule has 4 nitrogen and oxygen atoms in total. The number of hydrogen-bond donors (Lipinski definition) is 1. The average Bonchev–Trinajstić information content (AvgIpc) is 3.17. The number of amides is 1. The number of likely N-dealkylation sites (tertiary alicyclic amines) is 2. The minimum Gasteiger partial charge on any atom is -0.341 e. The van der Waals surface area contributed by atoms with E-state index in [1.165, 1.54) is 45.2 Å². The van der Waals surface area contributed by atoms with E-state index in [-0.39, 0.29) is 0 Å². The van der Waals surface area contributed by atoms with Crippen molar-refractivity contribution in [3.8, 4) is 0 Å². The maximum absolute atomic E-state index is 12.4. The van der Waals surface area contributed by atoms with Gasteiger partial charge in [0, 0.05) is 31.6 Å². The van der Waals surface area contributed by atoms with Crippen molar-refractivity contribution < 1.29 is 4.79 Å². The van der Waals surface area contributed by atoms with Crippen LogP contribution in [0.15, 0.2) is 0 Å². The Hall–Kier alpha value is -0.610. The number of carbonyl (C=O) groups excluding carboxylic acids is 1. The van der Waals surface area contributed by atoms with E-state index >= 15 is 0 Å². The van der Waals surface area contributed by atoms with Gasteiger partial charge in [-0.1, -0.05) is 0 Å². The van der Waals surface area contributed by atoms with Crippen molar-refractivity contribution in [2.45, 2.75) is 69.9 Å². The Morgan fingerprint density at radius 1 is 1.00 bits per heavy atom. The van der Waals surface area contributed by atoms with Gasteiger partial charge in [0.15, 0.2) is 0 Å². The summed E-state index contributed by atoms with van der Waals surface area (Å²) in [6, 6.07) is 1.06. The smallest absolute Gasteiger partial charge is 0.222 e. The molecule has 0 aromatic heterocycles. The predicted octanol–water partition coefficient (Wildman–Crippen LogP) is 1.98. The van der Waals surface area contributed by atoms with Crippen LogP contribution >= 0.6 is 0 Å². The summed E-state index contributed by atoms with van der Waals surface area (Å²) in [5.74, 6) is 1.14. The van der Waals surface area contributed by atoms with E-state index in [0.717, 1.165) is 44.7 Å². The first-order chi connectivity index (χ1) is 10.2. The second kappa shape index (κ2) is 7.10. The Balaban J connectivity index is 1.37. The summed E-state index contributed by atoms with van der Waals surface area (Å²) in [6.07, 6.45) is 10.5. The lowest BCUT2D eigenvalue weighted by Crippen LogP contribution is -2.37. The molecule has 1 unspecified atom stereocenters. The lowest BCUT2D eigenvalue weighted by molar-refractivity contribution is -0.130. The molecular weight excluding hydrogens is 262 g/mol. The van der Waals surface area contributed by atoms with Gasteiger partial charge in [0.25, 0.3) is 0 Å². The Kier molecular flexibility index (Phi) is 5.17. The van der Waals surface area contributed by atoms with Crippen LogP contribution in [0.1, 0.15) is 57.8 Å². The standard InChI is InChI=1S/C17H31N3O/c18-15-6-3-14(4-7-15)5-8-17(21)20-12-9-16(13-20)19-10-1-2-11-19/h14-16H,1-13,18H2. The largest absolute Gasteiger partial charge is 0.341 e. The second-order valence-electron chi connectivity index (χ2n) is 7.34. The molecule has 1 aliphatic carbocycles. The van der Waals surface area contributed by atoms with Gasteiger partial charge in [0.05, 0.1) is 0 Å². The number of hydrogen-bond acceptors (Lipinski definition) is 3. The molecular formula is C17H31N3O. The van der Waals surface area contributed by atoms with Crippen molar-refractivity contribution in [1.82, 2.24) is 9.80 Å². The minimum absolute atomic E-state index is 0.395. The lowest BCUT2D eigenvalue weighted by Gasteiger charge is -2.27. The molecule has 1 amide bonds. The van der Waals surface area contributed by atoms with Gasteiger partial charge >= 0.3 is 0 Å². The van der Waals surface area contributed by atoms with Crippen LogP contribution in [0.4, 0.5) is 0 Å². The molecule has 0 aromatic rings. The maximum Gasteiger partial charge on any atom is 0.222 e. The van der Waals surface area contributed by atoms with Crippen LogP contribution in [0.2, 0.25) is 0 Å². The zero-order valence-corrected chi connectivity index (χ0v) is 13.3. The fourth-order valence-corrected chi connectivity index (χ4v) is 4.34. The van der Waals surface area contributed by atoms with Gasteiger partial charge in [-0.2, -0.15) is 0 Å². The number of nitrogens with zero attached hydrogens (tertiary/aromatic N) is 2. The molecule has 4 heteroatoms. The molecule has 1 atom stereocenters. The fourth-order valence-electron chi connectivity index (χ4n) is 4.34. The van der Waals surface area contributed by atoms with Gasteiger partial charge in [-0.3, -0.25) is 9.69 Å². The molecule has 2 heterocycles. The maximum atomic E-state index is 12.4. The van der Waals surface area contributed by atoms with Gasteiger partial charge in [-0.05, 0) is 70.4 Å². The van der Waals surface area contributed by atoms with E-state index in [1.54, 1.807) is 0 Å². The molecule has 2 saturated heterocycles. The van der Waals surface area contributed by atoms with Crippen molar-refractivity contribution >= 4 is 5.91 Å². The van der Waals surface area contributed by atoms with Gasteiger partial charge in [0.1, 0.15) is 0 Å². The van der Waals surface area contributed by atoms with Crippen LogP contribution in [-0.2, 0) is 4.79 Å². The van der Waals surface area contributed by atoms with Crippen LogP contribution in [-0.4, -0.2) is 54.0 Å². The zero-order chi connectivity index (χ0) is 14.7. The summed E-state index contributed by atoms with van der Waals surface area (Å²) >= 11 is 0. The molecule has 2 aliphatic heterocycles. The van der Waals surface area contributed by atoms with Crippen LogP contribution in [0.5, 0.6) is 0 Å². The summed E-state index contributed by atoms with van der Waals surface area (Å²) in [5.41, 5.74) is 5.95. The fraction of sp³-hybridized carbons (Fsp3) is 0.941. The molecule has 0 aromatic carbocycles. The third-order valence-corrected chi connectivity index (χ3v) is 5.83. The molecule has 0 spiro atoms. The molecule has 21 heavy (non-hydrogen) atoms. The molecule has 1 saturated carbocycles. The topological polar surface area (TPSA) is 49.6 Å². The summed E-state index contributed by atoms with van der Waals surface area (Å²) in [4.78, 5) is 17.1. The van der Waals surface area contributed by atoms with Crippen LogP contribution in [0.3, 0.4) is 0 Å². The van der Waals surface area contributed by atoms with E-state index in [0.29, 0.717) is 18.0 Å². The number of carbonyl (C=O) groups is 1. The highest BCUT2D eigenvalue weighted by Gasteiger charge is 2.31. The monoisotopic (exact) mass is 293 g/mol. The molecule has 120 valence electrons. The minimum atomic E-state index is 0.395. The SMILES string of the molecule is NC1CCC(CCC(=O)N2CCC(N3CCCC3)C2)CC1. The van der Waals surface area contributed by atoms with Gasteiger partial charge in [-0.25, -0.2) is 0 Å². The number of nitrogens with two attached hydrogens (primary N) is 1. The zero-order valence-electron chi connectivity index (χ0n) is 13.3. The average molecular weight is 293 g/mol. The quantitative estimate of drug-likeness (QED) is 0.862. The van der Waals surface area contributed by atoms with Gasteiger partial charge in [-0.15, -0.1) is 0 Å². The lowest BCUT2D eigenvalue weighted by atomic mass is 9.84. The summed E-state index contributed by atoms with van der Waals surface area (Å²) in [7, 11) is 0. The van der Waals surface area contributed by atoms with Crippen LogP contribution in [0, 0.1) is 5.92 Å². The Morgan fingerprint density at radius 3 is 2.43 bits per heavy atom. The van der Waals surface area contributed by atoms with E-state index in [2.05, 4.69) is 9.80 Å². The highest BCUT2D eigenvalue weighted by Crippen LogP contribution is 2.28. The number of rotatable bonds is 4. The predicted molar refractivity (Wildman–Crippen MR) is 85.0 cm³/mol. The van der Waals surface area contributed by atoms with Gasteiger partial charge in [0.2, 0.25) is 5.91 Å². The molecule has 3 fully saturated rings. The molecule has 0 bridgehead atoms. The van der Waals surface area contributed by atoms with Crippen LogP contribution in [0.25, 0.3) is 0 Å². The summed E-state index contributed by atoms with van der Waals surface area (Å²) in [5, 5.41) is 0. The third-order valence-electron chi connectivity index (χ3n) is 5.83. The molecule has 3 aliphatic rings. The van der Waals surface area contributed by atoms with E-state index < -0.39 is 0 Å². The Bertz CT molecular complexity index is 346. The molecule has 3 rings (SSSR count). The van der Waals surface area contributed by atoms with Crippen LogP contribution < -0.4 is 5.73 Å². The molecule has 0 radical (unpaired) electrons. The van der Waals surface area contributed by atoms with E-state index in [4.69, 9.17) is 5.73 Å². The first kappa shape index (κ1) is 15.3. The van der Waals surface area contributed by atoms with E-state index in [1.807, 2.05) is 0 Å². The van der Waals surface area contributed by atoms with Crippen molar-refractivity contribution in [3.63, 3.8) is 0 Å². The highest BCUT2D eigenvalue weighted by atomic mass is 16.2. The van der Waals surface area contributed by atoms with Crippen molar-refractivity contribution in [3.05, 3.63) is 0 Å². The Morgan fingerprint density at radius 2 is 1.71 bits per heavy atom. The third kappa shape index (κ3) is 3.98. The first-order valence-electron chi connectivity index (χ1n) is 9.00. The highest BCUT2D eigenvalue weighted by molar-refractivity contribution is 5.76. The van der Waals surface area contributed by atoms with Crippen molar-refractivity contribution in [1.29, 1.82) is 0 Å². The molecule has 2 N–H and O–H groups in total. The Labute approximate surface area is 129 Å². The summed E-state index contributed by atoms with van der Waals surface area (Å²) in [6.45, 7) is 4.45. The van der Waals surface area contributed by atoms with Crippen molar-refractivity contribution in [2.24, 2.45) is 11.7 Å².